The summed E-state index contributed by atoms with van der Waals surface area (Å²) >= 11 is 0. The molecule has 0 bridgehead atoms. The number of nitrogens with zero attached hydrogens (tertiary/aromatic N) is 4. The molecule has 1 aliphatic carbocycles. The molecule has 1 fully saturated rings. The van der Waals surface area contributed by atoms with Gasteiger partial charge in [0, 0.05) is 12.1 Å². The summed E-state index contributed by atoms with van der Waals surface area (Å²) < 4.78 is 12.4. The number of amides is 1. The van der Waals surface area contributed by atoms with E-state index < -0.39 is 41.8 Å². The van der Waals surface area contributed by atoms with Crippen molar-refractivity contribution in [2.24, 2.45) is 0 Å². The van der Waals surface area contributed by atoms with Gasteiger partial charge in [-0.3, -0.25) is 4.79 Å². The molecule has 220 valence electrons. The Bertz CT molecular complexity index is 1550. The third-order valence-corrected chi connectivity index (χ3v) is 6.86. The molecular weight excluding hydrogens is 540 g/mol. The second kappa shape index (κ2) is 12.1. The van der Waals surface area contributed by atoms with Crippen LogP contribution in [0.15, 0.2) is 67.3 Å². The van der Waals surface area contributed by atoms with Gasteiger partial charge in [0.1, 0.15) is 35.4 Å². The highest BCUT2D eigenvalue weighted by molar-refractivity contribution is 5.95. The average molecular weight is 575 g/mol. The van der Waals surface area contributed by atoms with Gasteiger partial charge in [-0.15, -0.1) is 0 Å². The van der Waals surface area contributed by atoms with Gasteiger partial charge in [0.15, 0.2) is 18.1 Å². The summed E-state index contributed by atoms with van der Waals surface area (Å²) in [7, 11) is 0. The number of fused-ring (bicyclic) bond motifs is 1. The van der Waals surface area contributed by atoms with Gasteiger partial charge in [0.2, 0.25) is 0 Å². The standard InChI is InChI=1S/C30H34N6O6/c1-30(2,3)42-23(37)15-41-20-11-7-10-19(12-20)29(40)35-21-13-22(26(39)25(21)38)36-17-34-24-27(32-16-33-28(24)36)31-14-18-8-5-4-6-9-18/h4-12,16-17,21-22,25-26,38-39H,13-15H2,1-3H3,(H,35,40)(H,31,32,33)/t21-,22+,25-,26+/m1/s1. The number of hydrogen-bond acceptors (Lipinski definition) is 10. The highest BCUT2D eigenvalue weighted by atomic mass is 16.6. The molecule has 5 rings (SSSR count). The average Bonchev–Trinajstić information content (AvgIpc) is 3.51. The van der Waals surface area contributed by atoms with Gasteiger partial charge >= 0.3 is 5.97 Å². The van der Waals surface area contributed by atoms with Gasteiger partial charge in [-0.1, -0.05) is 36.4 Å². The van der Waals surface area contributed by atoms with Gasteiger partial charge < -0.3 is 34.9 Å². The summed E-state index contributed by atoms with van der Waals surface area (Å²) in [6, 6.07) is 14.9. The highest BCUT2D eigenvalue weighted by Crippen LogP contribution is 2.34. The number of ether oxygens (including phenoxy) is 2. The molecule has 1 aliphatic rings. The normalized spacial score (nSPS) is 20.3. The SMILES string of the molecule is CC(C)(C)OC(=O)COc1cccc(C(=O)N[C@@H]2C[C@H](n3cnc4c(NCc5ccccc5)ncnc43)[C@H](O)[C@@H]2O)c1. The summed E-state index contributed by atoms with van der Waals surface area (Å²) in [6.45, 7) is 5.54. The first-order chi connectivity index (χ1) is 20.1. The van der Waals surface area contributed by atoms with Crippen molar-refractivity contribution in [3.05, 3.63) is 78.4 Å². The zero-order chi connectivity index (χ0) is 29.9. The summed E-state index contributed by atoms with van der Waals surface area (Å²) in [4.78, 5) is 38.2. The molecular formula is C30H34N6O6. The number of nitrogens with one attached hydrogen (secondary N) is 2. The Hall–Kier alpha value is -4.55. The van der Waals surface area contributed by atoms with Crippen LogP contribution in [0.2, 0.25) is 0 Å². The van der Waals surface area contributed by atoms with Crippen LogP contribution in [0, 0.1) is 0 Å². The van der Waals surface area contributed by atoms with Crippen LogP contribution in [0.25, 0.3) is 11.2 Å². The van der Waals surface area contributed by atoms with E-state index in [1.54, 1.807) is 49.9 Å². The zero-order valence-corrected chi connectivity index (χ0v) is 23.6. The van der Waals surface area contributed by atoms with Crippen LogP contribution in [-0.4, -0.2) is 72.1 Å². The Balaban J connectivity index is 1.24. The number of anilines is 1. The van der Waals surface area contributed by atoms with E-state index in [9.17, 15) is 19.8 Å². The second-order valence-corrected chi connectivity index (χ2v) is 11.2. The first kappa shape index (κ1) is 29.0. The Kier molecular flexibility index (Phi) is 8.36. The Morgan fingerprint density at radius 1 is 1.02 bits per heavy atom. The monoisotopic (exact) mass is 574 g/mol. The predicted molar refractivity (Wildman–Crippen MR) is 154 cm³/mol. The fourth-order valence-electron chi connectivity index (χ4n) is 4.92. The third-order valence-electron chi connectivity index (χ3n) is 6.86. The minimum atomic E-state index is -1.22. The fourth-order valence-corrected chi connectivity index (χ4v) is 4.92. The molecule has 0 aliphatic heterocycles. The van der Waals surface area contributed by atoms with Crippen LogP contribution in [-0.2, 0) is 16.1 Å². The Morgan fingerprint density at radius 3 is 2.57 bits per heavy atom. The molecule has 4 aromatic rings. The first-order valence-corrected chi connectivity index (χ1v) is 13.7. The van der Waals surface area contributed by atoms with Crippen molar-refractivity contribution in [1.82, 2.24) is 24.8 Å². The number of aromatic nitrogens is 4. The van der Waals surface area contributed by atoms with E-state index in [1.165, 1.54) is 12.4 Å². The van der Waals surface area contributed by atoms with Crippen LogP contribution in [0.4, 0.5) is 5.82 Å². The van der Waals surface area contributed by atoms with E-state index in [2.05, 4.69) is 25.6 Å². The molecule has 0 unspecified atom stereocenters. The summed E-state index contributed by atoms with van der Waals surface area (Å²) in [5.41, 5.74) is 1.75. The van der Waals surface area contributed by atoms with Crippen LogP contribution >= 0.6 is 0 Å². The number of hydrogen-bond donors (Lipinski definition) is 4. The van der Waals surface area contributed by atoms with Crippen molar-refractivity contribution in [2.75, 3.05) is 11.9 Å². The van der Waals surface area contributed by atoms with Crippen molar-refractivity contribution in [3.63, 3.8) is 0 Å². The van der Waals surface area contributed by atoms with Crippen molar-refractivity contribution in [2.45, 2.75) is 63.6 Å². The van der Waals surface area contributed by atoms with Gasteiger partial charge in [0.25, 0.3) is 5.91 Å². The number of carbonyl (C=O) groups excluding carboxylic acids is 2. The molecule has 4 N–H and O–H groups in total. The summed E-state index contributed by atoms with van der Waals surface area (Å²) in [5.74, 6) is -0.114. The quantitative estimate of drug-likeness (QED) is 0.219. The summed E-state index contributed by atoms with van der Waals surface area (Å²) in [5, 5.41) is 27.9. The molecule has 1 saturated carbocycles. The largest absolute Gasteiger partial charge is 0.482 e. The molecule has 12 nitrogen and oxygen atoms in total. The molecule has 4 atom stereocenters. The number of carbonyl (C=O) groups is 2. The van der Waals surface area contributed by atoms with Crippen LogP contribution in [0.3, 0.4) is 0 Å². The minimum Gasteiger partial charge on any atom is -0.482 e. The van der Waals surface area contributed by atoms with E-state index >= 15 is 0 Å². The van der Waals surface area contributed by atoms with Gasteiger partial charge in [-0.05, 0) is 51.0 Å². The van der Waals surface area contributed by atoms with E-state index in [0.29, 0.717) is 29.3 Å². The van der Waals surface area contributed by atoms with Crippen LogP contribution in [0.5, 0.6) is 5.75 Å². The molecule has 0 radical (unpaired) electrons. The van der Waals surface area contributed by atoms with Gasteiger partial charge in [-0.2, -0.15) is 0 Å². The minimum absolute atomic E-state index is 0.241. The third kappa shape index (κ3) is 6.67. The molecule has 42 heavy (non-hydrogen) atoms. The van der Waals surface area contributed by atoms with Crippen molar-refractivity contribution in [1.29, 1.82) is 0 Å². The topological polar surface area (TPSA) is 161 Å². The number of benzene rings is 2. The number of aliphatic hydroxyl groups excluding tert-OH is 2. The highest BCUT2D eigenvalue weighted by Gasteiger charge is 2.44. The van der Waals surface area contributed by atoms with Crippen molar-refractivity contribution < 1.29 is 29.3 Å². The van der Waals surface area contributed by atoms with Crippen LogP contribution < -0.4 is 15.4 Å². The van der Waals surface area contributed by atoms with E-state index in [4.69, 9.17) is 9.47 Å². The lowest BCUT2D eigenvalue weighted by molar-refractivity contribution is -0.157. The van der Waals surface area contributed by atoms with E-state index in [-0.39, 0.29) is 18.6 Å². The lowest BCUT2D eigenvalue weighted by Gasteiger charge is -2.19. The van der Waals surface area contributed by atoms with Gasteiger partial charge in [-0.25, -0.2) is 19.7 Å². The Morgan fingerprint density at radius 2 is 1.81 bits per heavy atom. The Labute approximate surface area is 242 Å². The summed E-state index contributed by atoms with van der Waals surface area (Å²) in [6.07, 6.45) is 0.824. The zero-order valence-electron chi connectivity index (χ0n) is 23.6. The van der Waals surface area contributed by atoms with Crippen molar-refractivity contribution in [3.8, 4) is 5.75 Å². The molecule has 2 aromatic heterocycles. The molecule has 12 heteroatoms. The number of rotatable bonds is 9. The lowest BCUT2D eigenvalue weighted by Crippen LogP contribution is -2.43. The molecule has 1 amide bonds. The maximum atomic E-state index is 13.1. The van der Waals surface area contributed by atoms with Crippen molar-refractivity contribution >= 4 is 28.9 Å². The van der Waals surface area contributed by atoms with E-state index in [1.807, 2.05) is 30.3 Å². The predicted octanol–water partition coefficient (Wildman–Crippen LogP) is 2.62. The lowest BCUT2D eigenvalue weighted by atomic mass is 10.1. The first-order valence-electron chi connectivity index (χ1n) is 13.7. The maximum absolute atomic E-state index is 13.1. The second-order valence-electron chi connectivity index (χ2n) is 11.2. The molecule has 2 heterocycles. The number of aliphatic hydroxyl groups is 2. The number of imidazole rings is 1. The molecule has 0 saturated heterocycles. The maximum Gasteiger partial charge on any atom is 0.344 e. The molecule has 0 spiro atoms. The number of esters is 1. The van der Waals surface area contributed by atoms with Crippen LogP contribution in [0.1, 0.15) is 49.2 Å². The smallest absolute Gasteiger partial charge is 0.344 e. The fraction of sp³-hybridized carbons (Fsp3) is 0.367. The molecule has 2 aromatic carbocycles. The van der Waals surface area contributed by atoms with E-state index in [0.717, 1.165) is 5.56 Å². The van der Waals surface area contributed by atoms with Gasteiger partial charge in [0.05, 0.1) is 18.4 Å².